The number of hydrogen-bond acceptors (Lipinski definition) is 1. The molecule has 0 saturated carbocycles. The highest BCUT2D eigenvalue weighted by molar-refractivity contribution is 5.82. The second kappa shape index (κ2) is 5.80. The summed E-state index contributed by atoms with van der Waals surface area (Å²) < 4.78 is 15.5. The number of benzene rings is 1. The third-order valence-corrected chi connectivity index (χ3v) is 2.84. The minimum atomic E-state index is -0.381. The number of aryl methyl sites for hydroxylation is 1. The summed E-state index contributed by atoms with van der Waals surface area (Å²) in [5, 5.41) is 0.848. The number of hydrogen-bond donors (Lipinski definition) is 0. The predicted molar refractivity (Wildman–Crippen MR) is 74.6 cm³/mol. The van der Waals surface area contributed by atoms with E-state index in [2.05, 4.69) is 0 Å². The fraction of sp³-hybridized carbons (Fsp3) is 0.400. The van der Waals surface area contributed by atoms with Gasteiger partial charge in [0.05, 0.1) is 5.39 Å². The molecule has 0 unspecified atom stereocenters. The lowest BCUT2D eigenvalue weighted by molar-refractivity contribution is 0.607. The van der Waals surface area contributed by atoms with Gasteiger partial charge in [0.25, 0.3) is 5.56 Å². The highest BCUT2D eigenvalue weighted by atomic mass is 19.1. The van der Waals surface area contributed by atoms with Crippen LogP contribution in [-0.2, 0) is 7.05 Å². The minimum Gasteiger partial charge on any atom is -0.318 e. The third-order valence-electron chi connectivity index (χ3n) is 2.84. The van der Waals surface area contributed by atoms with Crippen LogP contribution < -0.4 is 5.56 Å². The van der Waals surface area contributed by atoms with Crippen molar-refractivity contribution in [3.63, 3.8) is 0 Å². The Labute approximate surface area is 107 Å². The lowest BCUT2D eigenvalue weighted by Gasteiger charge is -2.09. The van der Waals surface area contributed by atoms with Gasteiger partial charge >= 0.3 is 0 Å². The van der Waals surface area contributed by atoms with Gasteiger partial charge in [0.1, 0.15) is 5.82 Å². The minimum absolute atomic E-state index is 0.0781. The molecular weight excluding hydrogens is 229 g/mol. The Morgan fingerprint density at radius 3 is 2.33 bits per heavy atom. The lowest BCUT2D eigenvalue weighted by atomic mass is 9.99. The number of aromatic nitrogens is 1. The zero-order valence-corrected chi connectivity index (χ0v) is 11.6. The number of pyridine rings is 1. The van der Waals surface area contributed by atoms with Crippen LogP contribution in [-0.4, -0.2) is 4.57 Å². The van der Waals surface area contributed by atoms with E-state index < -0.39 is 0 Å². The normalized spacial score (nSPS) is 10.4. The predicted octanol–water partition coefficient (Wildman–Crippen LogP) is 3.83. The highest BCUT2D eigenvalue weighted by Crippen LogP contribution is 2.23. The smallest absolute Gasteiger partial charge is 0.261 e. The van der Waals surface area contributed by atoms with Crippen molar-refractivity contribution in [2.45, 2.75) is 33.6 Å². The summed E-state index contributed by atoms with van der Waals surface area (Å²) in [6.45, 7) is 7.83. The number of rotatable bonds is 1. The Hall–Kier alpha value is -1.64. The fourth-order valence-corrected chi connectivity index (χ4v) is 1.85. The van der Waals surface area contributed by atoms with Gasteiger partial charge in [0.2, 0.25) is 0 Å². The zero-order valence-electron chi connectivity index (χ0n) is 11.6. The summed E-state index contributed by atoms with van der Waals surface area (Å²) in [7, 11) is 1.63. The van der Waals surface area contributed by atoms with Crippen LogP contribution in [0.1, 0.15) is 39.2 Å². The van der Waals surface area contributed by atoms with E-state index in [1.165, 1.54) is 4.57 Å². The molecule has 2 nitrogen and oxygen atoms in total. The second-order valence-corrected chi connectivity index (χ2v) is 4.32. The first-order chi connectivity index (χ1) is 8.52. The van der Waals surface area contributed by atoms with Crippen LogP contribution in [0, 0.1) is 5.82 Å². The number of fused-ring (bicyclic) bond motifs is 1. The summed E-state index contributed by atoms with van der Waals surface area (Å²) >= 11 is 0. The molecule has 0 aliphatic rings. The standard InChI is InChI=1S/C13H14FNO.C2H6/c1-8(2)10-5-4-9-6-7-15(3)13(16)11(9)12(10)14;1-2/h4-8H,1-3H3;1-2H3. The zero-order chi connectivity index (χ0) is 13.9. The van der Waals surface area contributed by atoms with Crippen LogP contribution in [0.25, 0.3) is 10.8 Å². The molecule has 0 fully saturated rings. The molecule has 0 aliphatic heterocycles. The van der Waals surface area contributed by atoms with E-state index in [1.54, 1.807) is 31.4 Å². The Morgan fingerprint density at radius 1 is 1.17 bits per heavy atom. The Bertz CT molecular complexity index is 599. The van der Waals surface area contributed by atoms with E-state index in [-0.39, 0.29) is 22.7 Å². The molecule has 1 heterocycles. The molecule has 18 heavy (non-hydrogen) atoms. The maximum absolute atomic E-state index is 14.1. The molecule has 98 valence electrons. The second-order valence-electron chi connectivity index (χ2n) is 4.32. The highest BCUT2D eigenvalue weighted by Gasteiger charge is 2.13. The van der Waals surface area contributed by atoms with Crippen LogP contribution >= 0.6 is 0 Å². The maximum Gasteiger partial charge on any atom is 0.261 e. The van der Waals surface area contributed by atoms with Gasteiger partial charge in [-0.2, -0.15) is 0 Å². The molecule has 0 N–H and O–H groups in total. The number of nitrogens with zero attached hydrogens (tertiary/aromatic N) is 1. The first kappa shape index (κ1) is 14.4. The molecule has 3 heteroatoms. The van der Waals surface area contributed by atoms with Gasteiger partial charge < -0.3 is 4.57 Å². The van der Waals surface area contributed by atoms with Crippen LogP contribution in [0.2, 0.25) is 0 Å². The molecule has 0 aliphatic carbocycles. The maximum atomic E-state index is 14.1. The molecule has 0 spiro atoms. The van der Waals surface area contributed by atoms with Crippen molar-refractivity contribution in [2.24, 2.45) is 7.05 Å². The average Bonchev–Trinajstić information content (AvgIpc) is 2.36. The Kier molecular flexibility index (Phi) is 4.65. The van der Waals surface area contributed by atoms with E-state index in [0.29, 0.717) is 10.9 Å². The molecule has 0 radical (unpaired) electrons. The van der Waals surface area contributed by atoms with Gasteiger partial charge in [-0.05, 0) is 22.9 Å². The first-order valence-corrected chi connectivity index (χ1v) is 6.30. The van der Waals surface area contributed by atoms with E-state index in [0.717, 1.165) is 0 Å². The van der Waals surface area contributed by atoms with Crippen molar-refractivity contribution in [3.05, 3.63) is 46.1 Å². The summed E-state index contributed by atoms with van der Waals surface area (Å²) in [5.41, 5.74) is 0.313. The Morgan fingerprint density at radius 2 is 1.78 bits per heavy atom. The topological polar surface area (TPSA) is 22.0 Å². The van der Waals surface area contributed by atoms with Crippen LogP contribution in [0.5, 0.6) is 0 Å². The van der Waals surface area contributed by atoms with Crippen LogP contribution in [0.3, 0.4) is 0 Å². The summed E-state index contributed by atoms with van der Waals surface area (Å²) in [6.07, 6.45) is 1.65. The fourth-order valence-electron chi connectivity index (χ4n) is 1.85. The van der Waals surface area contributed by atoms with Crippen molar-refractivity contribution in [1.82, 2.24) is 4.57 Å². The molecule has 2 rings (SSSR count). The third kappa shape index (κ3) is 2.45. The first-order valence-electron chi connectivity index (χ1n) is 6.30. The SMILES string of the molecule is CC.CC(C)c1ccc2ccn(C)c(=O)c2c1F. The van der Waals surface area contributed by atoms with Crippen LogP contribution in [0.15, 0.2) is 29.2 Å². The van der Waals surface area contributed by atoms with E-state index in [9.17, 15) is 9.18 Å². The van der Waals surface area contributed by atoms with Gasteiger partial charge in [-0.15, -0.1) is 0 Å². The van der Waals surface area contributed by atoms with Crippen molar-refractivity contribution in [1.29, 1.82) is 0 Å². The molecule has 0 atom stereocenters. The lowest BCUT2D eigenvalue weighted by Crippen LogP contribution is -2.17. The monoisotopic (exact) mass is 249 g/mol. The van der Waals surface area contributed by atoms with Gasteiger partial charge in [0, 0.05) is 13.2 Å². The Balaban J connectivity index is 0.000000771. The molecule has 1 aromatic heterocycles. The van der Waals surface area contributed by atoms with Gasteiger partial charge in [0.15, 0.2) is 0 Å². The van der Waals surface area contributed by atoms with Crippen molar-refractivity contribution < 1.29 is 4.39 Å². The quantitative estimate of drug-likeness (QED) is 0.753. The van der Waals surface area contributed by atoms with Gasteiger partial charge in [-0.3, -0.25) is 4.79 Å². The summed E-state index contributed by atoms with van der Waals surface area (Å²) in [6, 6.07) is 5.31. The largest absolute Gasteiger partial charge is 0.318 e. The molecular formula is C15H20FNO. The van der Waals surface area contributed by atoms with Crippen LogP contribution in [0.4, 0.5) is 4.39 Å². The molecule has 2 aromatic rings. The van der Waals surface area contributed by atoms with E-state index in [1.807, 2.05) is 27.7 Å². The number of halogens is 1. The van der Waals surface area contributed by atoms with Gasteiger partial charge in [-0.25, -0.2) is 4.39 Å². The summed E-state index contributed by atoms with van der Waals surface area (Å²) in [4.78, 5) is 11.8. The van der Waals surface area contributed by atoms with Crippen molar-refractivity contribution >= 4 is 10.8 Å². The molecule has 1 aromatic carbocycles. The molecule has 0 bridgehead atoms. The molecule has 0 amide bonds. The van der Waals surface area contributed by atoms with Crippen molar-refractivity contribution in [3.8, 4) is 0 Å². The van der Waals surface area contributed by atoms with Crippen molar-refractivity contribution in [2.75, 3.05) is 0 Å². The summed E-state index contributed by atoms with van der Waals surface area (Å²) in [5.74, 6) is -0.303. The van der Waals surface area contributed by atoms with Gasteiger partial charge in [-0.1, -0.05) is 39.8 Å². The van der Waals surface area contributed by atoms with E-state index in [4.69, 9.17) is 0 Å². The average molecular weight is 249 g/mol. The molecule has 0 saturated heterocycles. The van der Waals surface area contributed by atoms with E-state index >= 15 is 0 Å².